The molecular formula is C21H23BrN2O4. The summed E-state index contributed by atoms with van der Waals surface area (Å²) in [5.41, 5.74) is 2.62. The number of nitrogens with one attached hydrogen (secondary N) is 2. The summed E-state index contributed by atoms with van der Waals surface area (Å²) < 4.78 is 5.76. The zero-order valence-corrected chi connectivity index (χ0v) is 17.4. The van der Waals surface area contributed by atoms with Crippen LogP contribution in [-0.2, 0) is 20.7 Å². The molecule has 0 aliphatic heterocycles. The van der Waals surface area contributed by atoms with E-state index in [4.69, 9.17) is 4.74 Å². The highest BCUT2D eigenvalue weighted by atomic mass is 79.9. The molecule has 2 rings (SSSR count). The Morgan fingerprint density at radius 1 is 1.04 bits per heavy atom. The van der Waals surface area contributed by atoms with Crippen molar-refractivity contribution in [2.75, 3.05) is 13.2 Å². The first-order valence-corrected chi connectivity index (χ1v) is 9.76. The molecule has 0 aliphatic rings. The van der Waals surface area contributed by atoms with Crippen molar-refractivity contribution >= 4 is 33.7 Å². The molecule has 0 saturated carbocycles. The van der Waals surface area contributed by atoms with Crippen molar-refractivity contribution < 1.29 is 19.1 Å². The molecule has 6 nitrogen and oxygen atoms in total. The summed E-state index contributed by atoms with van der Waals surface area (Å²) in [4.78, 5) is 35.6. The van der Waals surface area contributed by atoms with Gasteiger partial charge in [0.2, 0.25) is 0 Å². The summed E-state index contributed by atoms with van der Waals surface area (Å²) in [6, 6.07) is 14.5. The highest BCUT2D eigenvalue weighted by molar-refractivity contribution is 9.10. The summed E-state index contributed by atoms with van der Waals surface area (Å²) in [6.45, 7) is 3.23. The highest BCUT2D eigenvalue weighted by Gasteiger charge is 2.13. The SMILES string of the molecule is CCc1ccc(C(C)NC(=O)COC(=O)CNC(=O)c2ccc(Br)cc2)cc1. The minimum atomic E-state index is -0.680. The van der Waals surface area contributed by atoms with Gasteiger partial charge in [-0.1, -0.05) is 47.1 Å². The Balaban J connectivity index is 1.71. The number of halogens is 1. The number of hydrogen-bond donors (Lipinski definition) is 2. The fourth-order valence-electron chi connectivity index (χ4n) is 2.46. The first-order valence-electron chi connectivity index (χ1n) is 8.96. The molecule has 2 amide bonds. The van der Waals surface area contributed by atoms with E-state index in [0.29, 0.717) is 5.56 Å². The molecule has 7 heteroatoms. The van der Waals surface area contributed by atoms with Crippen LogP contribution in [0.5, 0.6) is 0 Å². The third-order valence-electron chi connectivity index (χ3n) is 4.13. The van der Waals surface area contributed by atoms with Crippen LogP contribution < -0.4 is 10.6 Å². The lowest BCUT2D eigenvalue weighted by Crippen LogP contribution is -2.34. The number of rotatable bonds is 8. The standard InChI is InChI=1S/C21H23BrN2O4/c1-3-15-4-6-16(7-5-15)14(2)24-19(25)13-28-20(26)12-23-21(27)17-8-10-18(22)11-9-17/h4-11,14H,3,12-13H2,1-2H3,(H,23,27)(H,24,25). The molecule has 0 spiro atoms. The summed E-state index contributed by atoms with van der Waals surface area (Å²) in [7, 11) is 0. The van der Waals surface area contributed by atoms with Gasteiger partial charge in [-0.2, -0.15) is 0 Å². The lowest BCUT2D eigenvalue weighted by atomic mass is 10.1. The largest absolute Gasteiger partial charge is 0.454 e. The Morgan fingerprint density at radius 2 is 1.68 bits per heavy atom. The second kappa shape index (κ2) is 10.6. The molecule has 1 atom stereocenters. The lowest BCUT2D eigenvalue weighted by Gasteiger charge is -2.15. The molecule has 0 aromatic heterocycles. The third-order valence-corrected chi connectivity index (χ3v) is 4.66. The Kier molecular flexibility index (Phi) is 8.19. The maximum atomic E-state index is 12.0. The second-order valence-electron chi connectivity index (χ2n) is 6.23. The van der Waals surface area contributed by atoms with E-state index in [0.717, 1.165) is 16.5 Å². The van der Waals surface area contributed by atoms with E-state index in [1.807, 2.05) is 31.2 Å². The predicted molar refractivity (Wildman–Crippen MR) is 110 cm³/mol. The first-order chi connectivity index (χ1) is 13.4. The smallest absolute Gasteiger partial charge is 0.325 e. The van der Waals surface area contributed by atoms with E-state index < -0.39 is 24.4 Å². The van der Waals surface area contributed by atoms with Gasteiger partial charge in [-0.15, -0.1) is 0 Å². The van der Waals surface area contributed by atoms with E-state index in [9.17, 15) is 14.4 Å². The van der Waals surface area contributed by atoms with Gasteiger partial charge in [-0.05, 0) is 48.7 Å². The van der Waals surface area contributed by atoms with Crippen LogP contribution in [0.15, 0.2) is 53.0 Å². The quantitative estimate of drug-likeness (QED) is 0.609. The monoisotopic (exact) mass is 446 g/mol. The molecule has 0 heterocycles. The normalized spacial score (nSPS) is 11.4. The van der Waals surface area contributed by atoms with Gasteiger partial charge >= 0.3 is 5.97 Å². The second-order valence-corrected chi connectivity index (χ2v) is 7.15. The average molecular weight is 447 g/mol. The molecule has 0 fully saturated rings. The number of aryl methyl sites for hydroxylation is 1. The minimum absolute atomic E-state index is 0.200. The molecule has 0 saturated heterocycles. The fraction of sp³-hybridized carbons (Fsp3) is 0.286. The van der Waals surface area contributed by atoms with Crippen molar-refractivity contribution in [1.82, 2.24) is 10.6 Å². The third kappa shape index (κ3) is 6.81. The van der Waals surface area contributed by atoms with Crippen molar-refractivity contribution in [1.29, 1.82) is 0 Å². The molecule has 0 radical (unpaired) electrons. The first kappa shape index (κ1) is 21.6. The average Bonchev–Trinajstić information content (AvgIpc) is 2.71. The molecule has 2 N–H and O–H groups in total. The molecule has 2 aromatic rings. The topological polar surface area (TPSA) is 84.5 Å². The van der Waals surface area contributed by atoms with Crippen molar-refractivity contribution in [3.63, 3.8) is 0 Å². The van der Waals surface area contributed by atoms with E-state index in [1.54, 1.807) is 24.3 Å². The number of carbonyl (C=O) groups excluding carboxylic acids is 3. The van der Waals surface area contributed by atoms with Crippen LogP contribution in [-0.4, -0.2) is 30.9 Å². The van der Waals surface area contributed by atoms with E-state index >= 15 is 0 Å². The summed E-state index contributed by atoms with van der Waals surface area (Å²) in [6.07, 6.45) is 0.954. The maximum absolute atomic E-state index is 12.0. The van der Waals surface area contributed by atoms with E-state index in [2.05, 4.69) is 33.5 Å². The minimum Gasteiger partial charge on any atom is -0.454 e. The number of amides is 2. The van der Waals surface area contributed by atoms with Crippen molar-refractivity contribution in [3.05, 3.63) is 69.7 Å². The number of esters is 1. The number of benzene rings is 2. The van der Waals surface area contributed by atoms with Gasteiger partial charge in [0.25, 0.3) is 11.8 Å². The van der Waals surface area contributed by atoms with Crippen LogP contribution in [0.3, 0.4) is 0 Å². The maximum Gasteiger partial charge on any atom is 0.325 e. The number of carbonyl (C=O) groups is 3. The predicted octanol–water partition coefficient (Wildman–Crippen LogP) is 3.16. The van der Waals surface area contributed by atoms with Crippen molar-refractivity contribution in [2.24, 2.45) is 0 Å². The fourth-order valence-corrected chi connectivity index (χ4v) is 2.73. The van der Waals surface area contributed by atoms with Gasteiger partial charge in [-0.3, -0.25) is 14.4 Å². The highest BCUT2D eigenvalue weighted by Crippen LogP contribution is 2.13. The summed E-state index contributed by atoms with van der Waals surface area (Å²) >= 11 is 3.29. The molecule has 2 aromatic carbocycles. The Labute approximate surface area is 172 Å². The van der Waals surface area contributed by atoms with E-state index in [-0.39, 0.29) is 12.6 Å². The number of ether oxygens (including phenoxy) is 1. The van der Waals surface area contributed by atoms with Gasteiger partial charge in [-0.25, -0.2) is 0 Å². The van der Waals surface area contributed by atoms with Gasteiger partial charge in [0, 0.05) is 10.0 Å². The Bertz CT molecular complexity index is 819. The van der Waals surface area contributed by atoms with Gasteiger partial charge in [0.15, 0.2) is 6.61 Å². The van der Waals surface area contributed by atoms with Crippen LogP contribution in [0.4, 0.5) is 0 Å². The summed E-state index contributed by atoms with van der Waals surface area (Å²) in [5, 5.41) is 5.24. The van der Waals surface area contributed by atoms with Crippen LogP contribution in [0, 0.1) is 0 Å². The molecule has 28 heavy (non-hydrogen) atoms. The molecule has 0 bridgehead atoms. The molecule has 0 aliphatic carbocycles. The Morgan fingerprint density at radius 3 is 2.29 bits per heavy atom. The molecule has 148 valence electrons. The molecular weight excluding hydrogens is 424 g/mol. The zero-order valence-electron chi connectivity index (χ0n) is 15.8. The van der Waals surface area contributed by atoms with Crippen LogP contribution in [0.25, 0.3) is 0 Å². The van der Waals surface area contributed by atoms with Gasteiger partial charge in [0.05, 0.1) is 6.04 Å². The zero-order chi connectivity index (χ0) is 20.5. The van der Waals surface area contributed by atoms with Gasteiger partial charge < -0.3 is 15.4 Å². The van der Waals surface area contributed by atoms with Crippen LogP contribution >= 0.6 is 15.9 Å². The lowest BCUT2D eigenvalue weighted by molar-refractivity contribution is -0.147. The molecule has 1 unspecified atom stereocenters. The van der Waals surface area contributed by atoms with Crippen LogP contribution in [0.1, 0.15) is 41.4 Å². The Hall–Kier alpha value is -2.67. The summed E-state index contributed by atoms with van der Waals surface area (Å²) in [5.74, 6) is -1.47. The van der Waals surface area contributed by atoms with Crippen molar-refractivity contribution in [2.45, 2.75) is 26.3 Å². The number of hydrogen-bond acceptors (Lipinski definition) is 4. The van der Waals surface area contributed by atoms with Gasteiger partial charge in [0.1, 0.15) is 6.54 Å². The van der Waals surface area contributed by atoms with Crippen LogP contribution in [0.2, 0.25) is 0 Å². The van der Waals surface area contributed by atoms with Crippen molar-refractivity contribution in [3.8, 4) is 0 Å². The van der Waals surface area contributed by atoms with E-state index in [1.165, 1.54) is 5.56 Å².